The second kappa shape index (κ2) is 8.41. The van der Waals surface area contributed by atoms with Crippen LogP contribution in [0.25, 0.3) is 0 Å². The zero-order valence-corrected chi connectivity index (χ0v) is 17.8. The molecule has 0 saturated heterocycles. The van der Waals surface area contributed by atoms with E-state index in [4.69, 9.17) is 16.3 Å². The number of ether oxygens (including phenoxy) is 1. The van der Waals surface area contributed by atoms with E-state index in [1.165, 1.54) is 7.11 Å². The van der Waals surface area contributed by atoms with Crippen molar-refractivity contribution in [1.29, 1.82) is 0 Å². The van der Waals surface area contributed by atoms with Crippen LogP contribution in [0.3, 0.4) is 0 Å². The predicted molar refractivity (Wildman–Crippen MR) is 111 cm³/mol. The Morgan fingerprint density at radius 2 is 1.90 bits per heavy atom. The molecule has 2 aromatic rings. The highest BCUT2D eigenvalue weighted by molar-refractivity contribution is 6.33. The molecule has 0 bridgehead atoms. The summed E-state index contributed by atoms with van der Waals surface area (Å²) in [4.78, 5) is 43.1. The number of carbonyl (C=O) groups is 3. The number of halogens is 1. The Labute approximate surface area is 175 Å². The lowest BCUT2D eigenvalue weighted by atomic mass is 9.99. The Morgan fingerprint density at radius 1 is 1.24 bits per heavy atom. The number of H-pyrrole nitrogens is 1. The number of aryl methyl sites for hydroxylation is 1. The van der Waals surface area contributed by atoms with Gasteiger partial charge in [-0.25, -0.2) is 4.79 Å². The molecule has 1 aromatic carbocycles. The monoisotopic (exact) mass is 416 g/mol. The first-order chi connectivity index (χ1) is 13.8. The summed E-state index contributed by atoms with van der Waals surface area (Å²) in [5.74, 6) is -0.607. The Kier molecular flexibility index (Phi) is 6.13. The van der Waals surface area contributed by atoms with Crippen LogP contribution in [0.15, 0.2) is 24.3 Å². The van der Waals surface area contributed by atoms with E-state index in [0.717, 1.165) is 12.8 Å². The summed E-state index contributed by atoms with van der Waals surface area (Å²) < 4.78 is 4.78. The fraction of sp³-hybridized carbons (Fsp3) is 0.409. The number of Topliss-reactive ketones (excluding diaryl/α,β-unsaturated/α-hetero) is 1. The van der Waals surface area contributed by atoms with Crippen LogP contribution in [-0.2, 0) is 4.74 Å². The van der Waals surface area contributed by atoms with Gasteiger partial charge in [0.15, 0.2) is 5.78 Å². The Hall–Kier alpha value is -2.60. The van der Waals surface area contributed by atoms with Crippen LogP contribution in [0.5, 0.6) is 0 Å². The largest absolute Gasteiger partial charge is 0.464 e. The number of carbonyl (C=O) groups excluding carboxylic acids is 3. The van der Waals surface area contributed by atoms with Crippen molar-refractivity contribution in [2.24, 2.45) is 5.92 Å². The van der Waals surface area contributed by atoms with Gasteiger partial charge in [-0.1, -0.05) is 23.7 Å². The molecule has 1 aromatic heterocycles. The second-order valence-corrected chi connectivity index (χ2v) is 7.94. The highest BCUT2D eigenvalue weighted by Gasteiger charge is 2.35. The second-order valence-electron chi connectivity index (χ2n) is 7.54. The first kappa shape index (κ1) is 21.1. The molecule has 0 radical (unpaired) electrons. The lowest BCUT2D eigenvalue weighted by Crippen LogP contribution is -2.44. The molecule has 154 valence electrons. The molecule has 1 aliphatic carbocycles. The zero-order chi connectivity index (χ0) is 21.3. The van der Waals surface area contributed by atoms with E-state index in [1.54, 1.807) is 49.9 Å². The van der Waals surface area contributed by atoms with Gasteiger partial charge in [0.2, 0.25) is 0 Å². The molecule has 1 atom stereocenters. The van der Waals surface area contributed by atoms with Gasteiger partial charge in [0.1, 0.15) is 5.69 Å². The van der Waals surface area contributed by atoms with E-state index in [9.17, 15) is 14.4 Å². The number of aromatic nitrogens is 1. The summed E-state index contributed by atoms with van der Waals surface area (Å²) in [5, 5.41) is 0.361. The van der Waals surface area contributed by atoms with Crippen LogP contribution in [0.1, 0.15) is 62.2 Å². The van der Waals surface area contributed by atoms with Gasteiger partial charge in [0.05, 0.1) is 23.7 Å². The fourth-order valence-electron chi connectivity index (χ4n) is 3.56. The van der Waals surface area contributed by atoms with Gasteiger partial charge in [0, 0.05) is 17.8 Å². The van der Waals surface area contributed by atoms with Crippen LogP contribution in [0.4, 0.5) is 0 Å². The van der Waals surface area contributed by atoms with Crippen LogP contribution < -0.4 is 0 Å². The molecule has 0 aliphatic heterocycles. The van der Waals surface area contributed by atoms with E-state index >= 15 is 0 Å². The average molecular weight is 417 g/mol. The number of aromatic amines is 1. The minimum Gasteiger partial charge on any atom is -0.464 e. The number of methoxy groups -OCH3 is 1. The summed E-state index contributed by atoms with van der Waals surface area (Å²) in [6.07, 6.45) is 2.09. The van der Waals surface area contributed by atoms with Crippen LogP contribution in [0, 0.1) is 19.8 Å². The number of ketones is 1. The quantitative estimate of drug-likeness (QED) is 0.542. The molecule has 1 fully saturated rings. The Bertz CT molecular complexity index is 962. The van der Waals surface area contributed by atoms with Gasteiger partial charge in [-0.3, -0.25) is 9.59 Å². The smallest absolute Gasteiger partial charge is 0.354 e. The van der Waals surface area contributed by atoms with E-state index in [1.807, 2.05) is 0 Å². The SMILES string of the molecule is COC(=O)c1[nH]c(C)c(C(=O)C(C)N(CC2CC2)C(=O)c2ccccc2Cl)c1C. The van der Waals surface area contributed by atoms with E-state index < -0.39 is 12.0 Å². The van der Waals surface area contributed by atoms with Crippen molar-refractivity contribution < 1.29 is 19.1 Å². The Morgan fingerprint density at radius 3 is 2.48 bits per heavy atom. The third-order valence-electron chi connectivity index (χ3n) is 5.44. The van der Waals surface area contributed by atoms with Crippen LogP contribution >= 0.6 is 11.6 Å². The standard InChI is InChI=1S/C22H25ClN2O4/c1-12-18(13(2)24-19(12)22(28)29-4)20(26)14(3)25(11-15-9-10-15)21(27)16-7-5-6-8-17(16)23/h5-8,14-15,24H,9-11H2,1-4H3. The minimum atomic E-state index is -0.696. The summed E-state index contributed by atoms with van der Waals surface area (Å²) in [7, 11) is 1.29. The van der Waals surface area contributed by atoms with Crippen molar-refractivity contribution in [2.45, 2.75) is 39.7 Å². The highest BCUT2D eigenvalue weighted by atomic mass is 35.5. The van der Waals surface area contributed by atoms with Crippen molar-refractivity contribution in [2.75, 3.05) is 13.7 Å². The maximum atomic E-state index is 13.4. The maximum absolute atomic E-state index is 13.4. The molecule has 1 N–H and O–H groups in total. The van der Waals surface area contributed by atoms with Crippen molar-refractivity contribution in [3.8, 4) is 0 Å². The molecule has 7 heteroatoms. The van der Waals surface area contributed by atoms with Gasteiger partial charge < -0.3 is 14.6 Å². The molecule has 6 nitrogen and oxygen atoms in total. The molecule has 3 rings (SSSR count). The summed E-state index contributed by atoms with van der Waals surface area (Å²) in [5.41, 5.74) is 2.17. The molecule has 1 aliphatic rings. The zero-order valence-electron chi connectivity index (χ0n) is 17.0. The van der Waals surface area contributed by atoms with E-state index in [0.29, 0.717) is 39.9 Å². The van der Waals surface area contributed by atoms with E-state index in [2.05, 4.69) is 4.98 Å². The maximum Gasteiger partial charge on any atom is 0.354 e. The fourth-order valence-corrected chi connectivity index (χ4v) is 3.78. The van der Waals surface area contributed by atoms with E-state index in [-0.39, 0.29) is 17.4 Å². The number of esters is 1. The lowest BCUT2D eigenvalue weighted by molar-refractivity contribution is 0.0592. The van der Waals surface area contributed by atoms with Gasteiger partial charge in [-0.15, -0.1) is 0 Å². The van der Waals surface area contributed by atoms with Crippen LogP contribution in [0.2, 0.25) is 5.02 Å². The molecule has 29 heavy (non-hydrogen) atoms. The number of amides is 1. The third-order valence-corrected chi connectivity index (χ3v) is 5.77. The van der Waals surface area contributed by atoms with Crippen molar-refractivity contribution in [3.63, 3.8) is 0 Å². The number of hydrogen-bond donors (Lipinski definition) is 1. The average Bonchev–Trinajstić information content (AvgIpc) is 3.48. The van der Waals surface area contributed by atoms with Crippen molar-refractivity contribution >= 4 is 29.3 Å². The summed E-state index contributed by atoms with van der Waals surface area (Å²) >= 11 is 6.23. The van der Waals surface area contributed by atoms with Crippen LogP contribution in [-0.4, -0.2) is 47.2 Å². The molecule has 1 saturated carbocycles. The number of nitrogens with one attached hydrogen (secondary N) is 1. The predicted octanol–water partition coefficient (Wildman–Crippen LogP) is 4.20. The first-order valence-corrected chi connectivity index (χ1v) is 10.0. The van der Waals surface area contributed by atoms with Gasteiger partial charge in [-0.2, -0.15) is 0 Å². The molecular weight excluding hydrogens is 392 g/mol. The van der Waals surface area contributed by atoms with Gasteiger partial charge in [0.25, 0.3) is 5.91 Å². The van der Waals surface area contributed by atoms with Gasteiger partial charge in [-0.05, 0) is 57.2 Å². The molecule has 1 heterocycles. The van der Waals surface area contributed by atoms with Crippen molar-refractivity contribution in [3.05, 3.63) is 57.4 Å². The van der Waals surface area contributed by atoms with Crippen molar-refractivity contribution in [1.82, 2.24) is 9.88 Å². The lowest BCUT2D eigenvalue weighted by Gasteiger charge is -2.29. The third kappa shape index (κ3) is 4.22. The summed E-state index contributed by atoms with van der Waals surface area (Å²) in [6, 6.07) is 6.16. The highest BCUT2D eigenvalue weighted by Crippen LogP contribution is 2.32. The number of benzene rings is 1. The minimum absolute atomic E-state index is 0.215. The summed E-state index contributed by atoms with van der Waals surface area (Å²) in [6.45, 7) is 5.67. The van der Waals surface area contributed by atoms with Gasteiger partial charge >= 0.3 is 5.97 Å². The Balaban J connectivity index is 1.94. The molecule has 0 spiro atoms. The number of nitrogens with zero attached hydrogens (tertiary/aromatic N) is 1. The number of rotatable bonds is 7. The normalized spacial score (nSPS) is 14.4. The number of hydrogen-bond acceptors (Lipinski definition) is 4. The first-order valence-electron chi connectivity index (χ1n) is 9.63. The molecule has 1 unspecified atom stereocenters. The topological polar surface area (TPSA) is 79.5 Å². The molecule has 1 amide bonds. The molecular formula is C22H25ClN2O4.